The second kappa shape index (κ2) is 10.5. The van der Waals surface area contributed by atoms with Crippen LogP contribution in [0, 0.1) is 5.92 Å². The molecule has 0 aromatic carbocycles. The van der Waals surface area contributed by atoms with Gasteiger partial charge in [-0.15, -0.1) is 12.4 Å². The molecular formula is C16H24ClN3O2S. The maximum Gasteiger partial charge on any atom is 0.246 e. The Morgan fingerprint density at radius 1 is 1.30 bits per heavy atom. The Hall–Kier alpha value is -1.27. The Bertz CT molecular complexity index is 501. The van der Waals surface area contributed by atoms with E-state index in [1.807, 2.05) is 0 Å². The Morgan fingerprint density at radius 3 is 2.70 bits per heavy atom. The lowest BCUT2D eigenvalue weighted by molar-refractivity contribution is -0.129. The molecule has 2 N–H and O–H groups in total. The van der Waals surface area contributed by atoms with Crippen molar-refractivity contribution >= 4 is 42.5 Å². The second-order valence-electron chi connectivity index (χ2n) is 5.66. The Labute approximate surface area is 148 Å². The van der Waals surface area contributed by atoms with Crippen LogP contribution in [0.15, 0.2) is 24.5 Å². The molecule has 128 valence electrons. The highest BCUT2D eigenvalue weighted by Crippen LogP contribution is 2.17. The first-order valence-corrected chi connectivity index (χ1v) is 8.46. The minimum absolute atomic E-state index is 0. The lowest BCUT2D eigenvalue weighted by atomic mass is 9.97. The maximum atomic E-state index is 12.4. The number of halogens is 1. The van der Waals surface area contributed by atoms with Crippen LogP contribution in [0.3, 0.4) is 0 Å². The maximum absolute atomic E-state index is 12.4. The molecule has 1 aromatic heterocycles. The number of rotatable bonds is 3. The van der Waals surface area contributed by atoms with Crippen LogP contribution in [0.2, 0.25) is 0 Å². The number of nitrogens with zero attached hydrogens (tertiary/aromatic N) is 1. The molecule has 0 radical (unpaired) electrons. The third kappa shape index (κ3) is 6.39. The van der Waals surface area contributed by atoms with E-state index in [-0.39, 0.29) is 30.1 Å². The fourth-order valence-electron chi connectivity index (χ4n) is 2.62. The fraction of sp³-hybridized carbons (Fsp3) is 0.562. The van der Waals surface area contributed by atoms with E-state index in [9.17, 15) is 9.59 Å². The van der Waals surface area contributed by atoms with E-state index in [0.29, 0.717) is 17.9 Å². The number of pyridine rings is 1. The van der Waals surface area contributed by atoms with Crippen LogP contribution in [0.1, 0.15) is 38.5 Å². The lowest BCUT2D eigenvalue weighted by Gasteiger charge is -2.23. The summed E-state index contributed by atoms with van der Waals surface area (Å²) in [7, 11) is 0. The van der Waals surface area contributed by atoms with E-state index >= 15 is 0 Å². The van der Waals surface area contributed by atoms with Crippen molar-refractivity contribution in [3.05, 3.63) is 24.5 Å². The molecule has 1 aliphatic rings. The van der Waals surface area contributed by atoms with Gasteiger partial charge in [0.1, 0.15) is 6.04 Å². The molecule has 1 fully saturated rings. The van der Waals surface area contributed by atoms with E-state index in [1.165, 1.54) is 0 Å². The number of carbonyl (C=O) groups is 2. The minimum Gasteiger partial charge on any atom is -0.344 e. The molecule has 2 rings (SSSR count). The number of hydrogen-bond donors (Lipinski definition) is 3. The van der Waals surface area contributed by atoms with E-state index < -0.39 is 6.04 Å². The molecule has 2 unspecified atom stereocenters. The summed E-state index contributed by atoms with van der Waals surface area (Å²) in [4.78, 5) is 28.6. The molecule has 2 heterocycles. The number of hydrogen-bond acceptors (Lipinski definition) is 4. The van der Waals surface area contributed by atoms with Crippen molar-refractivity contribution in [1.29, 1.82) is 0 Å². The van der Waals surface area contributed by atoms with Gasteiger partial charge in [0.25, 0.3) is 0 Å². The molecule has 1 aliphatic heterocycles. The summed E-state index contributed by atoms with van der Waals surface area (Å²) in [5.74, 6) is 0.154. The summed E-state index contributed by atoms with van der Waals surface area (Å²) in [6.45, 7) is 0. The lowest BCUT2D eigenvalue weighted by Crippen LogP contribution is -2.46. The van der Waals surface area contributed by atoms with Crippen molar-refractivity contribution in [3.8, 4) is 0 Å². The average Bonchev–Trinajstić information content (AvgIpc) is 2.54. The zero-order chi connectivity index (χ0) is 15.8. The number of anilines is 1. The summed E-state index contributed by atoms with van der Waals surface area (Å²) in [5, 5.41) is 5.70. The second-order valence-corrected chi connectivity index (χ2v) is 6.03. The average molecular weight is 358 g/mol. The quantitative estimate of drug-likeness (QED) is 0.728. The number of thiol groups is 1. The molecule has 1 saturated heterocycles. The van der Waals surface area contributed by atoms with E-state index in [4.69, 9.17) is 0 Å². The van der Waals surface area contributed by atoms with Crippen LogP contribution < -0.4 is 10.6 Å². The van der Waals surface area contributed by atoms with Gasteiger partial charge in [-0.05, 0) is 25.0 Å². The molecule has 1 aromatic rings. The van der Waals surface area contributed by atoms with E-state index in [2.05, 4.69) is 28.2 Å². The van der Waals surface area contributed by atoms with Crippen LogP contribution in [0.25, 0.3) is 0 Å². The summed E-state index contributed by atoms with van der Waals surface area (Å²) in [5.41, 5.74) is 0.643. The number of amides is 2. The van der Waals surface area contributed by atoms with Gasteiger partial charge in [0.2, 0.25) is 11.8 Å². The van der Waals surface area contributed by atoms with Crippen molar-refractivity contribution in [3.63, 3.8) is 0 Å². The standard InChI is InChI=1S/C16H23N3O2S.ClH/c20-15-12(11-22)6-3-1-2-4-8-14(19-15)16(21)18-13-7-5-9-17-10-13;/h5,7,9-10,12,14,22H,1-4,6,8,11H2,(H,18,21)(H,19,20);1H. The molecule has 0 aliphatic carbocycles. The largest absolute Gasteiger partial charge is 0.344 e. The molecule has 0 bridgehead atoms. The first-order valence-electron chi connectivity index (χ1n) is 7.83. The van der Waals surface area contributed by atoms with Gasteiger partial charge in [-0.3, -0.25) is 14.6 Å². The highest BCUT2D eigenvalue weighted by molar-refractivity contribution is 7.80. The van der Waals surface area contributed by atoms with Crippen molar-refractivity contribution in [1.82, 2.24) is 10.3 Å². The summed E-state index contributed by atoms with van der Waals surface area (Å²) in [6, 6.07) is 3.05. The molecule has 7 heteroatoms. The van der Waals surface area contributed by atoms with Gasteiger partial charge in [-0.2, -0.15) is 12.6 Å². The smallest absolute Gasteiger partial charge is 0.246 e. The molecular weight excluding hydrogens is 334 g/mol. The Kier molecular flexibility index (Phi) is 9.02. The normalized spacial score (nSPS) is 22.4. The van der Waals surface area contributed by atoms with Crippen LogP contribution in [0.5, 0.6) is 0 Å². The van der Waals surface area contributed by atoms with Crippen LogP contribution >= 0.6 is 25.0 Å². The first-order chi connectivity index (χ1) is 10.7. The Morgan fingerprint density at radius 2 is 2.04 bits per heavy atom. The third-order valence-electron chi connectivity index (χ3n) is 3.95. The highest BCUT2D eigenvalue weighted by Gasteiger charge is 2.25. The molecule has 23 heavy (non-hydrogen) atoms. The predicted octanol–water partition coefficient (Wildman–Crippen LogP) is 2.83. The zero-order valence-corrected chi connectivity index (χ0v) is 14.7. The van der Waals surface area contributed by atoms with Gasteiger partial charge < -0.3 is 10.6 Å². The van der Waals surface area contributed by atoms with Crippen molar-refractivity contribution in [2.75, 3.05) is 11.1 Å². The molecule has 2 amide bonds. The van der Waals surface area contributed by atoms with Crippen molar-refractivity contribution < 1.29 is 9.59 Å². The van der Waals surface area contributed by atoms with E-state index in [1.54, 1.807) is 24.5 Å². The van der Waals surface area contributed by atoms with E-state index in [0.717, 1.165) is 32.1 Å². The van der Waals surface area contributed by atoms with Gasteiger partial charge in [0.05, 0.1) is 11.9 Å². The van der Waals surface area contributed by atoms with Crippen LogP contribution in [-0.2, 0) is 9.59 Å². The highest BCUT2D eigenvalue weighted by atomic mass is 35.5. The molecule has 5 nitrogen and oxygen atoms in total. The van der Waals surface area contributed by atoms with Gasteiger partial charge in [0, 0.05) is 17.9 Å². The number of carbonyl (C=O) groups excluding carboxylic acids is 2. The molecule has 2 atom stereocenters. The topological polar surface area (TPSA) is 71.1 Å². The predicted molar refractivity (Wildman–Crippen MR) is 97.1 cm³/mol. The number of nitrogens with one attached hydrogen (secondary N) is 2. The van der Waals surface area contributed by atoms with Crippen LogP contribution in [0.4, 0.5) is 5.69 Å². The van der Waals surface area contributed by atoms with Gasteiger partial charge in [0.15, 0.2) is 0 Å². The molecule has 0 saturated carbocycles. The summed E-state index contributed by atoms with van der Waals surface area (Å²) in [6.07, 6.45) is 8.93. The summed E-state index contributed by atoms with van der Waals surface area (Å²) >= 11 is 4.26. The third-order valence-corrected chi connectivity index (χ3v) is 4.39. The van der Waals surface area contributed by atoms with Crippen molar-refractivity contribution in [2.45, 2.75) is 44.6 Å². The minimum atomic E-state index is -0.492. The van der Waals surface area contributed by atoms with Gasteiger partial charge >= 0.3 is 0 Å². The van der Waals surface area contributed by atoms with Crippen LogP contribution in [-0.4, -0.2) is 28.6 Å². The summed E-state index contributed by atoms with van der Waals surface area (Å²) < 4.78 is 0. The Balaban J connectivity index is 0.00000264. The fourth-order valence-corrected chi connectivity index (χ4v) is 2.97. The monoisotopic (exact) mass is 357 g/mol. The zero-order valence-electron chi connectivity index (χ0n) is 13.0. The van der Waals surface area contributed by atoms with Gasteiger partial charge in [-0.1, -0.05) is 25.7 Å². The first kappa shape index (κ1) is 19.8. The van der Waals surface area contributed by atoms with Gasteiger partial charge in [-0.25, -0.2) is 0 Å². The number of aromatic nitrogens is 1. The van der Waals surface area contributed by atoms with Crippen molar-refractivity contribution in [2.24, 2.45) is 5.92 Å². The molecule has 0 spiro atoms. The SMILES string of the molecule is Cl.O=C1NC(C(=O)Nc2cccnc2)CCCCCCC1CS.